The minimum absolute atomic E-state index is 0.0104. The molecule has 0 aromatic heterocycles. The van der Waals surface area contributed by atoms with Crippen molar-refractivity contribution >= 4 is 6.16 Å². The first-order valence-electron chi connectivity index (χ1n) is 4.24. The van der Waals surface area contributed by atoms with Gasteiger partial charge in [0.2, 0.25) is 0 Å². The SMILES string of the molecule is CC1(C)C2OC(=O)OC1C2(C)C. The van der Waals surface area contributed by atoms with Gasteiger partial charge >= 0.3 is 6.16 Å². The van der Waals surface area contributed by atoms with E-state index in [1.54, 1.807) is 0 Å². The highest BCUT2D eigenvalue weighted by Gasteiger charge is 2.69. The van der Waals surface area contributed by atoms with Gasteiger partial charge in [-0.05, 0) is 0 Å². The molecular formula is C9H14O3. The zero-order chi connectivity index (χ0) is 9.15. The first kappa shape index (κ1) is 7.90. The van der Waals surface area contributed by atoms with Crippen molar-refractivity contribution in [3.8, 4) is 0 Å². The van der Waals surface area contributed by atoms with E-state index >= 15 is 0 Å². The minimum Gasteiger partial charge on any atom is -0.430 e. The molecule has 1 aliphatic carbocycles. The number of hydrogen-bond acceptors (Lipinski definition) is 3. The van der Waals surface area contributed by atoms with Crippen LogP contribution in [0.1, 0.15) is 27.7 Å². The van der Waals surface area contributed by atoms with Crippen LogP contribution in [0.25, 0.3) is 0 Å². The van der Waals surface area contributed by atoms with E-state index in [9.17, 15) is 4.79 Å². The van der Waals surface area contributed by atoms with E-state index in [2.05, 4.69) is 27.7 Å². The second-order valence-electron chi connectivity index (χ2n) is 4.89. The van der Waals surface area contributed by atoms with Gasteiger partial charge in [0.1, 0.15) is 12.2 Å². The first-order chi connectivity index (χ1) is 5.37. The molecule has 68 valence electrons. The van der Waals surface area contributed by atoms with E-state index in [0.717, 1.165) is 0 Å². The van der Waals surface area contributed by atoms with E-state index in [1.165, 1.54) is 0 Å². The predicted molar refractivity (Wildman–Crippen MR) is 42.7 cm³/mol. The van der Waals surface area contributed by atoms with Crippen molar-refractivity contribution in [2.75, 3.05) is 0 Å². The molecule has 2 aliphatic heterocycles. The standard InChI is InChI=1S/C9H14O3/c1-8(2)5-9(3,4)6(8)12-7(10)11-5/h5-6H,1-4H3. The Bertz CT molecular complexity index is 206. The Hall–Kier alpha value is -0.730. The molecule has 3 rings (SSSR count). The normalized spacial score (nSPS) is 40.8. The fourth-order valence-corrected chi connectivity index (χ4v) is 2.92. The van der Waals surface area contributed by atoms with Crippen molar-refractivity contribution in [3.05, 3.63) is 0 Å². The Balaban J connectivity index is 2.30. The number of carbonyl (C=O) groups excluding carboxylic acids is 1. The third-order valence-electron chi connectivity index (χ3n) is 3.13. The van der Waals surface area contributed by atoms with E-state index < -0.39 is 6.16 Å². The van der Waals surface area contributed by atoms with E-state index in [-0.39, 0.29) is 23.0 Å². The molecule has 0 unspecified atom stereocenters. The number of rotatable bonds is 0. The summed E-state index contributed by atoms with van der Waals surface area (Å²) < 4.78 is 10.2. The summed E-state index contributed by atoms with van der Waals surface area (Å²) in [5, 5.41) is 0. The fourth-order valence-electron chi connectivity index (χ4n) is 2.92. The van der Waals surface area contributed by atoms with E-state index in [1.807, 2.05) is 0 Å². The van der Waals surface area contributed by atoms with Gasteiger partial charge in [-0.15, -0.1) is 0 Å². The number of carbonyl (C=O) groups is 1. The Kier molecular flexibility index (Phi) is 1.17. The molecule has 1 saturated carbocycles. The van der Waals surface area contributed by atoms with Crippen LogP contribution in [0.2, 0.25) is 0 Å². The zero-order valence-electron chi connectivity index (χ0n) is 7.88. The smallest absolute Gasteiger partial charge is 0.430 e. The van der Waals surface area contributed by atoms with Crippen molar-refractivity contribution in [3.63, 3.8) is 0 Å². The number of fused-ring (bicyclic) bond motifs is 2. The molecular weight excluding hydrogens is 156 g/mol. The van der Waals surface area contributed by atoms with Crippen molar-refractivity contribution in [2.24, 2.45) is 10.8 Å². The molecule has 0 aromatic rings. The van der Waals surface area contributed by atoms with Crippen LogP contribution in [0.4, 0.5) is 4.79 Å². The molecule has 2 bridgehead atoms. The average molecular weight is 170 g/mol. The van der Waals surface area contributed by atoms with Crippen molar-refractivity contribution in [1.82, 2.24) is 0 Å². The molecule has 0 aromatic carbocycles. The number of ether oxygens (including phenoxy) is 2. The van der Waals surface area contributed by atoms with Gasteiger partial charge in [0.25, 0.3) is 0 Å². The summed E-state index contributed by atoms with van der Waals surface area (Å²) in [6.45, 7) is 8.28. The average Bonchev–Trinajstić information content (AvgIpc) is 1.92. The van der Waals surface area contributed by atoms with Gasteiger partial charge in [-0.25, -0.2) is 4.79 Å². The Labute approximate surface area is 72.0 Å². The summed E-state index contributed by atoms with van der Waals surface area (Å²) in [6, 6.07) is 0. The van der Waals surface area contributed by atoms with Gasteiger partial charge in [0, 0.05) is 10.8 Å². The minimum atomic E-state index is -0.511. The van der Waals surface area contributed by atoms with Crippen LogP contribution in [0.3, 0.4) is 0 Å². The van der Waals surface area contributed by atoms with Crippen LogP contribution in [0.15, 0.2) is 0 Å². The lowest BCUT2D eigenvalue weighted by atomic mass is 9.50. The molecule has 0 radical (unpaired) electrons. The van der Waals surface area contributed by atoms with Crippen molar-refractivity contribution < 1.29 is 14.3 Å². The molecule has 3 fully saturated rings. The molecule has 3 nitrogen and oxygen atoms in total. The fraction of sp³-hybridized carbons (Fsp3) is 0.889. The molecule has 0 spiro atoms. The second kappa shape index (κ2) is 1.78. The van der Waals surface area contributed by atoms with Crippen molar-refractivity contribution in [2.45, 2.75) is 39.9 Å². The van der Waals surface area contributed by atoms with Crippen LogP contribution < -0.4 is 0 Å². The highest BCUT2D eigenvalue weighted by atomic mass is 16.8. The Morgan fingerprint density at radius 2 is 1.33 bits per heavy atom. The van der Waals surface area contributed by atoms with Gasteiger partial charge in [-0.1, -0.05) is 27.7 Å². The Morgan fingerprint density at radius 3 is 1.58 bits per heavy atom. The van der Waals surface area contributed by atoms with Crippen LogP contribution in [-0.2, 0) is 9.47 Å². The molecule has 12 heavy (non-hydrogen) atoms. The maximum Gasteiger partial charge on any atom is 0.508 e. The molecule has 0 amide bonds. The molecule has 0 atom stereocenters. The van der Waals surface area contributed by atoms with Crippen LogP contribution in [0.5, 0.6) is 0 Å². The van der Waals surface area contributed by atoms with Gasteiger partial charge < -0.3 is 9.47 Å². The Morgan fingerprint density at radius 1 is 1.00 bits per heavy atom. The summed E-state index contributed by atoms with van der Waals surface area (Å²) >= 11 is 0. The van der Waals surface area contributed by atoms with Crippen molar-refractivity contribution in [1.29, 1.82) is 0 Å². The van der Waals surface area contributed by atoms with Gasteiger partial charge in [-0.3, -0.25) is 0 Å². The largest absolute Gasteiger partial charge is 0.508 e. The monoisotopic (exact) mass is 170 g/mol. The van der Waals surface area contributed by atoms with Gasteiger partial charge in [0.05, 0.1) is 0 Å². The molecule has 0 N–H and O–H groups in total. The van der Waals surface area contributed by atoms with Crippen LogP contribution in [0, 0.1) is 10.8 Å². The third kappa shape index (κ3) is 0.648. The summed E-state index contributed by atoms with van der Waals surface area (Å²) in [6.07, 6.45) is -0.490. The highest BCUT2D eigenvalue weighted by molar-refractivity contribution is 5.63. The molecule has 3 heteroatoms. The van der Waals surface area contributed by atoms with Gasteiger partial charge in [0.15, 0.2) is 0 Å². The lowest BCUT2D eigenvalue weighted by Gasteiger charge is -2.63. The summed E-state index contributed by atoms with van der Waals surface area (Å²) in [7, 11) is 0. The first-order valence-corrected chi connectivity index (χ1v) is 4.24. The highest BCUT2D eigenvalue weighted by Crippen LogP contribution is 2.59. The van der Waals surface area contributed by atoms with E-state index in [0.29, 0.717) is 0 Å². The maximum atomic E-state index is 10.8. The molecule has 2 saturated heterocycles. The lowest BCUT2D eigenvalue weighted by Crippen LogP contribution is -2.73. The van der Waals surface area contributed by atoms with E-state index in [4.69, 9.17) is 9.47 Å². The van der Waals surface area contributed by atoms with Gasteiger partial charge in [-0.2, -0.15) is 0 Å². The summed E-state index contributed by atoms with van der Waals surface area (Å²) in [5.41, 5.74) is -0.0329. The lowest BCUT2D eigenvalue weighted by molar-refractivity contribution is -0.300. The summed E-state index contributed by atoms with van der Waals surface area (Å²) in [4.78, 5) is 10.8. The summed E-state index contributed by atoms with van der Waals surface area (Å²) in [5.74, 6) is 0. The van der Waals surface area contributed by atoms with Crippen LogP contribution in [-0.4, -0.2) is 18.4 Å². The zero-order valence-corrected chi connectivity index (χ0v) is 7.88. The maximum absolute atomic E-state index is 10.8. The topological polar surface area (TPSA) is 35.5 Å². The third-order valence-corrected chi connectivity index (χ3v) is 3.13. The van der Waals surface area contributed by atoms with Crippen LogP contribution >= 0.6 is 0 Å². The quantitative estimate of drug-likeness (QED) is 0.521. The predicted octanol–water partition coefficient (Wildman–Crippen LogP) is 1.96. The number of hydrogen-bond donors (Lipinski definition) is 0. The molecule has 2 heterocycles. The molecule has 3 aliphatic rings. The second-order valence-corrected chi connectivity index (χ2v) is 4.89.